The number of anilines is 1. The molecule has 1 amide bonds. The number of aromatic amines is 1. The Labute approximate surface area is 240 Å². The number of amides is 1. The smallest absolute Gasteiger partial charge is 0.360 e. The van der Waals surface area contributed by atoms with Gasteiger partial charge in [-0.3, -0.25) is 4.79 Å². The minimum absolute atomic E-state index is 0.0275. The molecule has 3 unspecified atom stereocenters. The highest BCUT2D eigenvalue weighted by molar-refractivity contribution is 6.06. The molecule has 5 aromatic rings. The highest BCUT2D eigenvalue weighted by Gasteiger charge is 2.50. The summed E-state index contributed by atoms with van der Waals surface area (Å²) in [5.41, 5.74) is 0.672. The number of hydrogen-bond acceptors (Lipinski definition) is 8. The fraction of sp³-hybridized carbons (Fsp3) is 0.250. The van der Waals surface area contributed by atoms with Crippen molar-refractivity contribution >= 4 is 33.5 Å². The van der Waals surface area contributed by atoms with Gasteiger partial charge in [-0.2, -0.15) is 0 Å². The molecular weight excluding hydrogens is 540 g/mol. The van der Waals surface area contributed by atoms with Crippen molar-refractivity contribution in [2.24, 2.45) is 0 Å². The van der Waals surface area contributed by atoms with Crippen LogP contribution < -0.4 is 15.7 Å². The first-order chi connectivity index (χ1) is 20.2. The molecule has 1 saturated heterocycles. The van der Waals surface area contributed by atoms with Crippen LogP contribution in [0.25, 0.3) is 33.0 Å². The van der Waals surface area contributed by atoms with Crippen LogP contribution in [0.4, 0.5) is 5.69 Å². The summed E-state index contributed by atoms with van der Waals surface area (Å²) >= 11 is 0. The summed E-state index contributed by atoms with van der Waals surface area (Å²) in [6.07, 6.45) is -4.72. The Morgan fingerprint density at radius 3 is 2.43 bits per heavy atom. The van der Waals surface area contributed by atoms with Crippen molar-refractivity contribution in [3.63, 3.8) is 0 Å². The predicted octanol–water partition coefficient (Wildman–Crippen LogP) is 4.44. The number of aromatic nitrogens is 1. The van der Waals surface area contributed by atoms with E-state index in [1.165, 1.54) is 7.11 Å². The van der Waals surface area contributed by atoms with Crippen LogP contribution in [-0.4, -0.2) is 58.4 Å². The lowest BCUT2D eigenvalue weighted by atomic mass is 9.89. The average molecular weight is 571 g/mol. The quantitative estimate of drug-likeness (QED) is 0.219. The minimum atomic E-state index is -1.42. The fourth-order valence-electron chi connectivity index (χ4n) is 5.44. The average Bonchev–Trinajstić information content (AvgIpc) is 3.41. The number of para-hydroxylation sites is 1. The number of hydrogen-bond donors (Lipinski definition) is 4. The molecule has 0 spiro atoms. The Morgan fingerprint density at radius 2 is 1.69 bits per heavy atom. The van der Waals surface area contributed by atoms with Crippen molar-refractivity contribution in [3.05, 3.63) is 95.0 Å². The van der Waals surface area contributed by atoms with E-state index in [9.17, 15) is 19.8 Å². The minimum Gasteiger partial charge on any atom is -0.461 e. The Bertz CT molecular complexity index is 1790. The molecule has 1 aliphatic heterocycles. The first-order valence-electron chi connectivity index (χ1n) is 13.4. The van der Waals surface area contributed by atoms with Gasteiger partial charge in [0.05, 0.1) is 11.2 Å². The van der Waals surface area contributed by atoms with Gasteiger partial charge in [0.2, 0.25) is 6.29 Å². The van der Waals surface area contributed by atoms with Crippen LogP contribution in [0.15, 0.2) is 88.1 Å². The van der Waals surface area contributed by atoms with Gasteiger partial charge in [0.25, 0.3) is 5.91 Å². The van der Waals surface area contributed by atoms with Crippen LogP contribution >= 0.6 is 0 Å². The number of fused-ring (bicyclic) bond motifs is 2. The summed E-state index contributed by atoms with van der Waals surface area (Å²) < 4.78 is 23.3. The zero-order valence-corrected chi connectivity index (χ0v) is 23.2. The Morgan fingerprint density at radius 1 is 0.952 bits per heavy atom. The molecule has 42 heavy (non-hydrogen) atoms. The van der Waals surface area contributed by atoms with Crippen LogP contribution in [0.2, 0.25) is 0 Å². The number of carbonyl (C=O) groups excluding carboxylic acids is 1. The van der Waals surface area contributed by atoms with Crippen LogP contribution in [-0.2, 0) is 9.47 Å². The monoisotopic (exact) mass is 570 g/mol. The largest absolute Gasteiger partial charge is 0.461 e. The predicted molar refractivity (Wildman–Crippen MR) is 157 cm³/mol. The normalized spacial score (nSPS) is 21.8. The van der Waals surface area contributed by atoms with Gasteiger partial charge in [-0.05, 0) is 49.7 Å². The topological polar surface area (TPSA) is 143 Å². The molecule has 0 saturated carbocycles. The van der Waals surface area contributed by atoms with Crippen LogP contribution in [0.5, 0.6) is 5.75 Å². The lowest BCUT2D eigenvalue weighted by Gasteiger charge is -2.46. The fourth-order valence-corrected chi connectivity index (χ4v) is 5.44. The summed E-state index contributed by atoms with van der Waals surface area (Å²) in [4.78, 5) is 29.2. The zero-order chi connectivity index (χ0) is 29.6. The van der Waals surface area contributed by atoms with Gasteiger partial charge in [-0.15, -0.1) is 0 Å². The third kappa shape index (κ3) is 4.94. The Kier molecular flexibility index (Phi) is 7.07. The molecule has 4 atom stereocenters. The molecular formula is C32H30N2O8. The SMILES string of the molecule is COC1C(O)C(O)[C@H](Oc2ccc3cc(NC(=O)c4cc5ccccc5[nH]4)c(=O)oc3c2-c2ccccc2)OC1(C)C. The van der Waals surface area contributed by atoms with Crippen LogP contribution in [0, 0.1) is 0 Å². The molecule has 6 rings (SSSR count). The van der Waals surface area contributed by atoms with Gasteiger partial charge in [0.1, 0.15) is 41.0 Å². The van der Waals surface area contributed by atoms with Gasteiger partial charge in [0, 0.05) is 23.4 Å². The molecule has 3 heterocycles. The molecule has 0 radical (unpaired) electrons. The first-order valence-corrected chi connectivity index (χ1v) is 13.4. The van der Waals surface area contributed by atoms with Gasteiger partial charge in [0.15, 0.2) is 0 Å². The highest BCUT2D eigenvalue weighted by Crippen LogP contribution is 2.40. The number of aliphatic hydroxyl groups excluding tert-OH is 2. The van der Waals surface area contributed by atoms with Crippen molar-refractivity contribution in [2.45, 2.75) is 44.1 Å². The van der Waals surface area contributed by atoms with E-state index in [-0.39, 0.29) is 17.0 Å². The highest BCUT2D eigenvalue weighted by atomic mass is 16.7. The summed E-state index contributed by atoms with van der Waals surface area (Å²) in [6.45, 7) is 3.46. The number of methoxy groups -OCH3 is 1. The van der Waals surface area contributed by atoms with E-state index in [4.69, 9.17) is 18.6 Å². The molecule has 1 fully saturated rings. The maximum atomic E-state index is 13.2. The Balaban J connectivity index is 1.38. The second kappa shape index (κ2) is 10.7. The van der Waals surface area contributed by atoms with Crippen molar-refractivity contribution in [1.82, 2.24) is 4.98 Å². The zero-order valence-electron chi connectivity index (χ0n) is 23.2. The molecule has 3 aromatic carbocycles. The number of aliphatic hydroxyl groups is 2. The van der Waals surface area contributed by atoms with E-state index in [0.717, 1.165) is 10.9 Å². The maximum absolute atomic E-state index is 13.2. The second-order valence-electron chi connectivity index (χ2n) is 10.7. The molecule has 216 valence electrons. The van der Waals surface area contributed by atoms with Crippen LogP contribution in [0.1, 0.15) is 24.3 Å². The van der Waals surface area contributed by atoms with Crippen molar-refractivity contribution in [2.75, 3.05) is 12.4 Å². The van der Waals surface area contributed by atoms with Gasteiger partial charge in [-0.25, -0.2) is 4.79 Å². The van der Waals surface area contributed by atoms with Crippen molar-refractivity contribution < 1.29 is 33.6 Å². The van der Waals surface area contributed by atoms with Gasteiger partial charge < -0.3 is 39.1 Å². The third-order valence-corrected chi connectivity index (χ3v) is 7.49. The maximum Gasteiger partial charge on any atom is 0.360 e. The lowest BCUT2D eigenvalue weighted by Crippen LogP contribution is -2.63. The standard InChI is InChI=1S/C32H30N2O8/c1-32(2)28(39-3)25(35)26(36)31(42-32)40-23-14-13-19-16-22(30(38)41-27(19)24(23)17-9-5-4-6-10-17)34-29(37)21-15-18-11-7-8-12-20(18)33-21/h4-16,25-26,28,31,33,35-36H,1-3H3,(H,34,37)/t25?,26?,28?,31-/m1/s1. The molecule has 2 aromatic heterocycles. The molecule has 0 aliphatic carbocycles. The number of rotatable bonds is 6. The van der Waals surface area contributed by atoms with E-state index in [0.29, 0.717) is 22.2 Å². The van der Waals surface area contributed by atoms with E-state index in [1.54, 1.807) is 38.1 Å². The lowest BCUT2D eigenvalue weighted by molar-refractivity contribution is -0.305. The number of nitrogens with one attached hydrogen (secondary N) is 2. The van der Waals surface area contributed by atoms with E-state index in [2.05, 4.69) is 10.3 Å². The number of ether oxygens (including phenoxy) is 3. The first kappa shape index (κ1) is 27.7. The van der Waals surface area contributed by atoms with E-state index in [1.807, 2.05) is 54.6 Å². The Hall–Kier alpha value is -4.48. The number of carbonyl (C=O) groups is 1. The summed E-state index contributed by atoms with van der Waals surface area (Å²) in [5.74, 6) is -0.227. The molecule has 0 bridgehead atoms. The number of H-pyrrole nitrogens is 1. The molecule has 10 heteroatoms. The summed E-state index contributed by atoms with van der Waals surface area (Å²) in [5, 5.41) is 25.6. The summed E-state index contributed by atoms with van der Waals surface area (Å²) in [6, 6.07) is 23.2. The number of benzene rings is 3. The summed E-state index contributed by atoms with van der Waals surface area (Å²) in [7, 11) is 1.43. The van der Waals surface area contributed by atoms with E-state index >= 15 is 0 Å². The second-order valence-corrected chi connectivity index (χ2v) is 10.7. The van der Waals surface area contributed by atoms with Gasteiger partial charge >= 0.3 is 5.63 Å². The third-order valence-electron chi connectivity index (χ3n) is 7.49. The molecule has 10 nitrogen and oxygen atoms in total. The van der Waals surface area contributed by atoms with Crippen molar-refractivity contribution in [3.8, 4) is 16.9 Å². The van der Waals surface area contributed by atoms with E-state index < -0.39 is 41.7 Å². The van der Waals surface area contributed by atoms with Gasteiger partial charge in [-0.1, -0.05) is 48.5 Å². The van der Waals surface area contributed by atoms with Crippen LogP contribution in [0.3, 0.4) is 0 Å². The molecule has 1 aliphatic rings. The van der Waals surface area contributed by atoms with Crippen molar-refractivity contribution in [1.29, 1.82) is 0 Å². The molecule has 4 N–H and O–H groups in total.